The molecular weight excluding hydrogens is 218 g/mol. The lowest BCUT2D eigenvalue weighted by Crippen LogP contribution is -2.42. The van der Waals surface area contributed by atoms with E-state index in [1.165, 1.54) is 0 Å². The molecule has 1 heterocycles. The van der Waals surface area contributed by atoms with Crippen LogP contribution in [0.25, 0.3) is 0 Å². The Hall–Kier alpha value is -0.620. The van der Waals surface area contributed by atoms with E-state index in [1.54, 1.807) is 0 Å². The molecule has 1 fully saturated rings. The van der Waals surface area contributed by atoms with Crippen LogP contribution in [0.4, 0.5) is 0 Å². The highest BCUT2D eigenvalue weighted by Crippen LogP contribution is 2.23. The van der Waals surface area contributed by atoms with Gasteiger partial charge in [-0.3, -0.25) is 4.79 Å². The zero-order chi connectivity index (χ0) is 11.6. The predicted octanol–water partition coefficient (Wildman–Crippen LogP) is 0.521. The molecule has 1 N–H and O–H groups in total. The summed E-state index contributed by atoms with van der Waals surface area (Å²) in [4.78, 5) is 11.0. The molecule has 0 bridgehead atoms. The lowest BCUT2D eigenvalue weighted by atomic mass is 10.1. The van der Waals surface area contributed by atoms with Gasteiger partial charge < -0.3 is 5.11 Å². The van der Waals surface area contributed by atoms with Crippen LogP contribution in [0.3, 0.4) is 0 Å². The molecule has 0 amide bonds. The lowest BCUT2D eigenvalue weighted by Gasteiger charge is -2.22. The van der Waals surface area contributed by atoms with E-state index >= 15 is 0 Å². The highest BCUT2D eigenvalue weighted by molar-refractivity contribution is 7.89. The Morgan fingerprint density at radius 2 is 2.20 bits per heavy atom. The van der Waals surface area contributed by atoms with Crippen molar-refractivity contribution in [3.63, 3.8) is 0 Å². The lowest BCUT2D eigenvalue weighted by molar-refractivity contribution is -0.141. The van der Waals surface area contributed by atoms with Gasteiger partial charge in [0.25, 0.3) is 0 Å². The third-order valence-electron chi connectivity index (χ3n) is 2.54. The van der Waals surface area contributed by atoms with E-state index in [4.69, 9.17) is 5.11 Å². The number of carboxylic acid groups (broad SMARTS) is 1. The zero-order valence-electron chi connectivity index (χ0n) is 9.01. The predicted molar refractivity (Wildman–Crippen MR) is 56.0 cm³/mol. The maximum Gasteiger partial charge on any atom is 0.322 e. The number of carbonyl (C=O) groups is 1. The van der Waals surface area contributed by atoms with E-state index in [9.17, 15) is 13.2 Å². The van der Waals surface area contributed by atoms with E-state index in [2.05, 4.69) is 0 Å². The van der Waals surface area contributed by atoms with Crippen molar-refractivity contribution in [2.24, 2.45) is 5.92 Å². The van der Waals surface area contributed by atoms with Crippen LogP contribution in [0.15, 0.2) is 0 Å². The van der Waals surface area contributed by atoms with E-state index in [0.29, 0.717) is 19.4 Å². The largest absolute Gasteiger partial charge is 0.480 e. The molecule has 0 spiro atoms. The van der Waals surface area contributed by atoms with Crippen molar-refractivity contribution in [2.75, 3.05) is 12.3 Å². The van der Waals surface area contributed by atoms with Crippen molar-refractivity contribution >= 4 is 16.0 Å². The number of carboxylic acids is 1. The molecule has 1 aliphatic rings. The Morgan fingerprint density at radius 3 is 2.53 bits per heavy atom. The first-order valence-corrected chi connectivity index (χ1v) is 6.71. The van der Waals surface area contributed by atoms with Gasteiger partial charge in [-0.15, -0.1) is 0 Å². The van der Waals surface area contributed by atoms with Gasteiger partial charge in [0.2, 0.25) is 10.0 Å². The van der Waals surface area contributed by atoms with E-state index < -0.39 is 22.0 Å². The minimum atomic E-state index is -3.35. The van der Waals surface area contributed by atoms with Crippen LogP contribution in [0.1, 0.15) is 26.7 Å². The second kappa shape index (κ2) is 4.49. The smallest absolute Gasteiger partial charge is 0.322 e. The first-order chi connectivity index (χ1) is 6.88. The van der Waals surface area contributed by atoms with Crippen LogP contribution in [-0.4, -0.2) is 42.1 Å². The SMILES string of the molecule is CCCC(C(=O)O)N1CC(C)CS1(=O)=O. The number of rotatable bonds is 4. The zero-order valence-corrected chi connectivity index (χ0v) is 9.83. The summed E-state index contributed by atoms with van der Waals surface area (Å²) < 4.78 is 24.5. The number of hydrogen-bond acceptors (Lipinski definition) is 3. The molecule has 0 saturated carbocycles. The van der Waals surface area contributed by atoms with E-state index in [0.717, 1.165) is 4.31 Å². The van der Waals surface area contributed by atoms with Gasteiger partial charge in [0.05, 0.1) is 5.75 Å². The van der Waals surface area contributed by atoms with Crippen molar-refractivity contribution in [3.8, 4) is 0 Å². The van der Waals surface area contributed by atoms with Gasteiger partial charge >= 0.3 is 5.97 Å². The van der Waals surface area contributed by atoms with Gasteiger partial charge in [-0.1, -0.05) is 20.3 Å². The van der Waals surface area contributed by atoms with Crippen molar-refractivity contribution in [3.05, 3.63) is 0 Å². The standard InChI is InChI=1S/C9H17NO4S/c1-3-4-8(9(11)12)10-5-7(2)6-15(10,13)14/h7-8H,3-6H2,1-2H3,(H,11,12). The normalized spacial score (nSPS) is 27.7. The molecule has 1 aliphatic heterocycles. The third kappa shape index (κ3) is 2.69. The van der Waals surface area contributed by atoms with Gasteiger partial charge in [0.15, 0.2) is 0 Å². The number of sulfonamides is 1. The monoisotopic (exact) mass is 235 g/mol. The van der Waals surface area contributed by atoms with Crippen molar-refractivity contribution in [2.45, 2.75) is 32.7 Å². The molecule has 15 heavy (non-hydrogen) atoms. The summed E-state index contributed by atoms with van der Waals surface area (Å²) in [5.41, 5.74) is 0. The fraction of sp³-hybridized carbons (Fsp3) is 0.889. The summed E-state index contributed by atoms with van der Waals surface area (Å²) in [5.74, 6) is -0.955. The Labute approximate surface area is 90.1 Å². The molecule has 0 aliphatic carbocycles. The Morgan fingerprint density at radius 1 is 1.60 bits per heavy atom. The van der Waals surface area contributed by atoms with Crippen LogP contribution in [0.5, 0.6) is 0 Å². The average Bonchev–Trinajstić information content (AvgIpc) is 2.34. The summed E-state index contributed by atoms with van der Waals surface area (Å²) in [6.07, 6.45) is 1.04. The number of hydrogen-bond donors (Lipinski definition) is 1. The summed E-state index contributed by atoms with van der Waals surface area (Å²) in [5, 5.41) is 8.98. The molecule has 0 aromatic carbocycles. The molecule has 5 nitrogen and oxygen atoms in total. The van der Waals surface area contributed by atoms with Gasteiger partial charge in [0.1, 0.15) is 6.04 Å². The third-order valence-corrected chi connectivity index (χ3v) is 4.65. The summed E-state index contributed by atoms with van der Waals surface area (Å²) in [6, 6.07) is -0.884. The fourth-order valence-corrected chi connectivity index (χ4v) is 3.99. The van der Waals surface area contributed by atoms with E-state index in [1.807, 2.05) is 13.8 Å². The van der Waals surface area contributed by atoms with Crippen LogP contribution >= 0.6 is 0 Å². The molecule has 2 unspecified atom stereocenters. The minimum Gasteiger partial charge on any atom is -0.480 e. The highest BCUT2D eigenvalue weighted by Gasteiger charge is 2.40. The molecular formula is C9H17NO4S. The number of nitrogens with zero attached hydrogens (tertiary/aromatic N) is 1. The summed E-state index contributed by atoms with van der Waals surface area (Å²) in [6.45, 7) is 4.00. The highest BCUT2D eigenvalue weighted by atomic mass is 32.2. The van der Waals surface area contributed by atoms with Gasteiger partial charge in [0, 0.05) is 6.54 Å². The molecule has 1 rings (SSSR count). The Bertz CT molecular complexity index is 338. The molecule has 88 valence electrons. The van der Waals surface area contributed by atoms with Crippen LogP contribution in [0, 0.1) is 5.92 Å². The maximum absolute atomic E-state index is 11.7. The fourth-order valence-electron chi connectivity index (χ4n) is 1.91. The Kier molecular flexibility index (Phi) is 3.72. The van der Waals surface area contributed by atoms with Crippen molar-refractivity contribution < 1.29 is 18.3 Å². The molecule has 0 aromatic rings. The minimum absolute atomic E-state index is 0.0220. The van der Waals surface area contributed by atoms with Crippen LogP contribution in [-0.2, 0) is 14.8 Å². The molecule has 6 heteroatoms. The second-order valence-corrected chi connectivity index (χ2v) is 6.06. The van der Waals surface area contributed by atoms with Crippen molar-refractivity contribution in [1.29, 1.82) is 0 Å². The summed E-state index contributed by atoms with van der Waals surface area (Å²) >= 11 is 0. The maximum atomic E-state index is 11.7. The quantitative estimate of drug-likeness (QED) is 0.771. The first kappa shape index (κ1) is 12.4. The van der Waals surface area contributed by atoms with Crippen LogP contribution < -0.4 is 0 Å². The van der Waals surface area contributed by atoms with Crippen LogP contribution in [0.2, 0.25) is 0 Å². The van der Waals surface area contributed by atoms with Gasteiger partial charge in [-0.2, -0.15) is 4.31 Å². The second-order valence-electron chi connectivity index (χ2n) is 4.10. The molecule has 2 atom stereocenters. The Balaban J connectivity index is 2.89. The first-order valence-electron chi connectivity index (χ1n) is 5.10. The summed E-state index contributed by atoms with van der Waals surface area (Å²) in [7, 11) is -3.35. The molecule has 1 saturated heterocycles. The van der Waals surface area contributed by atoms with Crippen molar-refractivity contribution in [1.82, 2.24) is 4.31 Å². The number of aliphatic carboxylic acids is 1. The van der Waals surface area contributed by atoms with E-state index in [-0.39, 0.29) is 11.7 Å². The molecule has 0 radical (unpaired) electrons. The van der Waals surface area contributed by atoms with Gasteiger partial charge in [-0.25, -0.2) is 8.42 Å². The molecule has 0 aromatic heterocycles. The van der Waals surface area contributed by atoms with Gasteiger partial charge in [-0.05, 0) is 12.3 Å². The average molecular weight is 235 g/mol. The topological polar surface area (TPSA) is 74.7 Å².